The number of methoxy groups -OCH3 is 1. The van der Waals surface area contributed by atoms with Crippen molar-refractivity contribution in [3.8, 4) is 0 Å². The number of carbonyl (C=O) groups is 2. The Labute approximate surface area is 160 Å². The van der Waals surface area contributed by atoms with Gasteiger partial charge in [-0.2, -0.15) is 0 Å². The fourth-order valence-corrected chi connectivity index (χ4v) is 3.76. The Hall–Kier alpha value is -1.89. The third kappa shape index (κ3) is 6.97. The van der Waals surface area contributed by atoms with Gasteiger partial charge >= 0.3 is 19.7 Å². The monoisotopic (exact) mass is 401 g/mol. The van der Waals surface area contributed by atoms with Gasteiger partial charge in [0.25, 0.3) is 0 Å². The molecule has 0 radical (unpaired) electrons. The summed E-state index contributed by atoms with van der Waals surface area (Å²) in [7, 11) is -2.21. The smallest absolute Gasteiger partial charge is 0.408 e. The number of amides is 1. The van der Waals surface area contributed by atoms with E-state index in [1.807, 2.05) is 0 Å². The summed E-state index contributed by atoms with van der Waals surface area (Å²) in [6, 6.07) is 5.11. The quantitative estimate of drug-likeness (QED) is 0.527. The SMILES string of the molecule is CCOP(=O)(OCC)c1ccc([C@@H](NC(=O)OC(C)(C)C)C(=O)OC)cc1. The van der Waals surface area contributed by atoms with Crippen LogP contribution in [0, 0.1) is 0 Å². The molecule has 1 amide bonds. The summed E-state index contributed by atoms with van der Waals surface area (Å²) in [5.74, 6) is -0.661. The van der Waals surface area contributed by atoms with Crippen LogP contribution in [-0.4, -0.2) is 38.0 Å². The molecule has 0 saturated carbocycles. The van der Waals surface area contributed by atoms with Gasteiger partial charge in [0.1, 0.15) is 5.60 Å². The molecule has 1 atom stereocenters. The highest BCUT2D eigenvalue weighted by molar-refractivity contribution is 7.62. The zero-order valence-electron chi connectivity index (χ0n) is 16.6. The second kappa shape index (κ2) is 9.88. The predicted molar refractivity (Wildman–Crippen MR) is 101 cm³/mol. The molecule has 0 unspecified atom stereocenters. The Morgan fingerprint density at radius 3 is 2.00 bits per heavy atom. The maximum atomic E-state index is 12.8. The average Bonchev–Trinajstić information content (AvgIpc) is 2.58. The number of hydrogen-bond acceptors (Lipinski definition) is 7. The average molecular weight is 401 g/mol. The number of ether oxygens (including phenoxy) is 2. The van der Waals surface area contributed by atoms with Gasteiger partial charge < -0.3 is 23.8 Å². The normalized spacial score (nSPS) is 13.0. The van der Waals surface area contributed by atoms with Gasteiger partial charge in [-0.25, -0.2) is 9.59 Å². The summed E-state index contributed by atoms with van der Waals surface area (Å²) in [6.45, 7) is 9.04. The predicted octanol–water partition coefficient (Wildman–Crippen LogP) is 3.32. The van der Waals surface area contributed by atoms with E-state index in [1.165, 1.54) is 19.2 Å². The van der Waals surface area contributed by atoms with Gasteiger partial charge in [-0.05, 0) is 52.3 Å². The van der Waals surface area contributed by atoms with Crippen LogP contribution in [0.25, 0.3) is 0 Å². The summed E-state index contributed by atoms with van der Waals surface area (Å²) in [6.07, 6.45) is -0.753. The molecule has 0 aromatic heterocycles. The van der Waals surface area contributed by atoms with Crippen molar-refractivity contribution >= 4 is 25.0 Å². The van der Waals surface area contributed by atoms with Crippen molar-refractivity contribution in [1.29, 1.82) is 0 Å². The van der Waals surface area contributed by atoms with E-state index >= 15 is 0 Å². The van der Waals surface area contributed by atoms with Gasteiger partial charge in [0.15, 0.2) is 6.04 Å². The lowest BCUT2D eigenvalue weighted by Crippen LogP contribution is -2.38. The van der Waals surface area contributed by atoms with E-state index in [1.54, 1.807) is 46.8 Å². The fraction of sp³-hybridized carbons (Fsp3) is 0.556. The second-order valence-electron chi connectivity index (χ2n) is 6.53. The van der Waals surface area contributed by atoms with Crippen molar-refractivity contribution in [3.63, 3.8) is 0 Å². The van der Waals surface area contributed by atoms with E-state index in [4.69, 9.17) is 18.5 Å². The van der Waals surface area contributed by atoms with Crippen molar-refractivity contribution in [1.82, 2.24) is 5.32 Å². The van der Waals surface area contributed by atoms with Gasteiger partial charge in [-0.3, -0.25) is 4.57 Å². The summed E-state index contributed by atoms with van der Waals surface area (Å²) in [4.78, 5) is 24.1. The third-order valence-corrected chi connectivity index (χ3v) is 5.37. The number of alkyl carbamates (subject to hydrolysis) is 1. The molecule has 0 saturated heterocycles. The number of carbonyl (C=O) groups excluding carboxylic acids is 2. The van der Waals surface area contributed by atoms with Gasteiger partial charge in [0.2, 0.25) is 0 Å². The minimum atomic E-state index is -3.44. The van der Waals surface area contributed by atoms with Crippen molar-refractivity contribution in [2.45, 2.75) is 46.3 Å². The lowest BCUT2D eigenvalue weighted by molar-refractivity contribution is -0.143. The van der Waals surface area contributed by atoms with Crippen molar-refractivity contribution < 1.29 is 32.7 Å². The molecule has 152 valence electrons. The van der Waals surface area contributed by atoms with E-state index in [9.17, 15) is 14.2 Å². The molecule has 8 nitrogen and oxygen atoms in total. The topological polar surface area (TPSA) is 100 Å². The molecule has 27 heavy (non-hydrogen) atoms. The Morgan fingerprint density at radius 2 is 1.59 bits per heavy atom. The van der Waals surface area contributed by atoms with Gasteiger partial charge in [-0.15, -0.1) is 0 Å². The van der Waals surface area contributed by atoms with E-state index in [2.05, 4.69) is 5.32 Å². The molecule has 1 N–H and O–H groups in total. The van der Waals surface area contributed by atoms with Crippen LogP contribution >= 0.6 is 7.60 Å². The Morgan fingerprint density at radius 1 is 1.07 bits per heavy atom. The standard InChI is InChI=1S/C18H28NO7P/c1-7-24-27(22,25-8-2)14-11-9-13(10-12-14)15(16(20)23-6)19-17(21)26-18(3,4)5/h9-12,15H,7-8H2,1-6H3,(H,19,21)/t15-/m1/s1. The number of esters is 1. The third-order valence-electron chi connectivity index (χ3n) is 3.24. The molecule has 1 aromatic rings. The molecule has 0 heterocycles. The van der Waals surface area contributed by atoms with Crippen LogP contribution in [0.2, 0.25) is 0 Å². The van der Waals surface area contributed by atoms with Crippen LogP contribution < -0.4 is 10.6 Å². The molecular formula is C18H28NO7P. The molecular weight excluding hydrogens is 373 g/mol. The molecule has 0 spiro atoms. The van der Waals surface area contributed by atoms with Gasteiger partial charge in [0, 0.05) is 0 Å². The van der Waals surface area contributed by atoms with Gasteiger partial charge in [-0.1, -0.05) is 12.1 Å². The van der Waals surface area contributed by atoms with Crippen LogP contribution in [0.15, 0.2) is 24.3 Å². The van der Waals surface area contributed by atoms with Crippen LogP contribution in [0.3, 0.4) is 0 Å². The molecule has 0 bridgehead atoms. The zero-order valence-corrected chi connectivity index (χ0v) is 17.5. The van der Waals surface area contributed by atoms with Crippen LogP contribution in [0.4, 0.5) is 4.79 Å². The first-order valence-electron chi connectivity index (χ1n) is 8.63. The molecule has 0 aliphatic carbocycles. The molecule has 1 rings (SSSR count). The first kappa shape index (κ1) is 23.1. The first-order valence-corrected chi connectivity index (χ1v) is 10.2. The minimum absolute atomic E-state index is 0.226. The maximum absolute atomic E-state index is 12.8. The lowest BCUT2D eigenvalue weighted by Gasteiger charge is -2.23. The first-order chi connectivity index (χ1) is 12.6. The minimum Gasteiger partial charge on any atom is -0.467 e. The Balaban J connectivity index is 3.09. The number of benzene rings is 1. The Bertz CT molecular complexity index is 672. The zero-order chi connectivity index (χ0) is 20.7. The van der Waals surface area contributed by atoms with E-state index in [0.29, 0.717) is 10.9 Å². The number of nitrogens with one attached hydrogen (secondary N) is 1. The lowest BCUT2D eigenvalue weighted by atomic mass is 10.1. The fourth-order valence-electron chi connectivity index (χ4n) is 2.20. The van der Waals surface area contributed by atoms with Crippen molar-refractivity contribution in [2.75, 3.05) is 20.3 Å². The summed E-state index contributed by atoms with van der Waals surface area (Å²) in [5, 5.41) is 2.84. The highest BCUT2D eigenvalue weighted by Crippen LogP contribution is 2.46. The molecule has 1 aromatic carbocycles. The Kier molecular flexibility index (Phi) is 8.47. The molecule has 9 heteroatoms. The van der Waals surface area contributed by atoms with Crippen molar-refractivity contribution in [3.05, 3.63) is 29.8 Å². The van der Waals surface area contributed by atoms with E-state index in [0.717, 1.165) is 0 Å². The van der Waals surface area contributed by atoms with E-state index in [-0.39, 0.29) is 13.2 Å². The van der Waals surface area contributed by atoms with E-state index < -0.39 is 31.3 Å². The largest absolute Gasteiger partial charge is 0.467 e. The highest BCUT2D eigenvalue weighted by atomic mass is 31.2. The number of rotatable bonds is 8. The molecule has 0 fully saturated rings. The summed E-state index contributed by atoms with van der Waals surface area (Å²) in [5.41, 5.74) is -0.271. The van der Waals surface area contributed by atoms with Crippen molar-refractivity contribution in [2.24, 2.45) is 0 Å². The number of hydrogen-bond donors (Lipinski definition) is 1. The highest BCUT2D eigenvalue weighted by Gasteiger charge is 2.29. The summed E-state index contributed by atoms with van der Waals surface area (Å²) >= 11 is 0. The summed E-state index contributed by atoms with van der Waals surface area (Å²) < 4.78 is 33.3. The van der Waals surface area contributed by atoms with Crippen LogP contribution in [-0.2, 0) is 27.9 Å². The van der Waals surface area contributed by atoms with Crippen LogP contribution in [0.1, 0.15) is 46.2 Å². The molecule has 0 aliphatic rings. The second-order valence-corrected chi connectivity index (χ2v) is 8.55. The van der Waals surface area contributed by atoms with Gasteiger partial charge in [0.05, 0.1) is 25.6 Å². The molecule has 0 aliphatic heterocycles. The van der Waals surface area contributed by atoms with Crippen LogP contribution in [0.5, 0.6) is 0 Å². The maximum Gasteiger partial charge on any atom is 0.408 e.